The molecule has 0 heterocycles. The van der Waals surface area contributed by atoms with Gasteiger partial charge < -0.3 is 11.5 Å². The molecule has 2 amide bonds. The summed E-state index contributed by atoms with van der Waals surface area (Å²) in [5.41, 5.74) is 10.6. The van der Waals surface area contributed by atoms with Crippen LogP contribution in [0.1, 0.15) is 103 Å². The molecule has 140 valence electrons. The van der Waals surface area contributed by atoms with E-state index >= 15 is 0 Å². The first-order chi connectivity index (χ1) is 11.6. The highest BCUT2D eigenvalue weighted by atomic mass is 16.1. The van der Waals surface area contributed by atoms with Gasteiger partial charge >= 0.3 is 0 Å². The average Bonchev–Trinajstić information content (AvgIpc) is 2.53. The van der Waals surface area contributed by atoms with E-state index in [0.29, 0.717) is 12.0 Å². The molecule has 0 bridgehead atoms. The van der Waals surface area contributed by atoms with Crippen molar-refractivity contribution in [1.82, 2.24) is 0 Å². The fourth-order valence-corrected chi connectivity index (χ4v) is 2.95. The van der Waals surface area contributed by atoms with E-state index in [1.807, 2.05) is 0 Å². The second-order valence-corrected chi connectivity index (χ2v) is 6.78. The Hall–Kier alpha value is -1.32. The zero-order chi connectivity index (χ0) is 18.0. The van der Waals surface area contributed by atoms with E-state index in [1.54, 1.807) is 0 Å². The Labute approximate surface area is 148 Å². The molecule has 0 aromatic heterocycles. The summed E-state index contributed by atoms with van der Waals surface area (Å²) in [6.45, 7) is 2.26. The van der Waals surface area contributed by atoms with Crippen LogP contribution >= 0.6 is 0 Å². The molecule has 0 aliphatic heterocycles. The van der Waals surface area contributed by atoms with Gasteiger partial charge in [-0.15, -0.1) is 0 Å². The standard InChI is InChI=1S/C20H38N2O2/c1-2-3-4-5-6-7-8-9-10-11-12-13-14-15-16-18(20(22)24)17-19(21)23/h17H,2-16H2,1H3,(H2,21,23)(H2,22,24)/b18-17-. The Balaban J connectivity index is 3.36. The largest absolute Gasteiger partial charge is 0.366 e. The third kappa shape index (κ3) is 15.6. The van der Waals surface area contributed by atoms with Crippen LogP contribution < -0.4 is 11.5 Å². The molecule has 0 unspecified atom stereocenters. The molecule has 0 spiro atoms. The fourth-order valence-electron chi connectivity index (χ4n) is 2.95. The minimum absolute atomic E-state index is 0.349. The third-order valence-corrected chi connectivity index (χ3v) is 4.43. The molecule has 0 saturated heterocycles. The lowest BCUT2D eigenvalue weighted by Crippen LogP contribution is -2.17. The maximum atomic E-state index is 11.1. The van der Waals surface area contributed by atoms with Crippen molar-refractivity contribution in [3.63, 3.8) is 0 Å². The van der Waals surface area contributed by atoms with Gasteiger partial charge in [0.25, 0.3) is 0 Å². The highest BCUT2D eigenvalue weighted by Crippen LogP contribution is 2.14. The smallest absolute Gasteiger partial charge is 0.244 e. The monoisotopic (exact) mass is 338 g/mol. The van der Waals surface area contributed by atoms with Crippen molar-refractivity contribution >= 4 is 11.8 Å². The highest BCUT2D eigenvalue weighted by molar-refractivity contribution is 5.99. The molecular weight excluding hydrogens is 300 g/mol. The van der Waals surface area contributed by atoms with E-state index in [1.165, 1.54) is 77.0 Å². The summed E-state index contributed by atoms with van der Waals surface area (Å²) >= 11 is 0. The van der Waals surface area contributed by atoms with Crippen molar-refractivity contribution in [1.29, 1.82) is 0 Å². The first-order valence-corrected chi connectivity index (χ1v) is 9.87. The predicted octanol–water partition coefficient (Wildman–Crippen LogP) is 4.75. The van der Waals surface area contributed by atoms with Gasteiger partial charge in [0.15, 0.2) is 0 Å². The molecule has 0 fully saturated rings. The van der Waals surface area contributed by atoms with Gasteiger partial charge in [0, 0.05) is 11.6 Å². The number of nitrogens with two attached hydrogens (primary N) is 2. The quantitative estimate of drug-likeness (QED) is 0.296. The first-order valence-electron chi connectivity index (χ1n) is 9.87. The van der Waals surface area contributed by atoms with E-state index in [2.05, 4.69) is 6.92 Å². The van der Waals surface area contributed by atoms with Gasteiger partial charge in [-0.2, -0.15) is 0 Å². The second-order valence-electron chi connectivity index (χ2n) is 6.78. The maximum Gasteiger partial charge on any atom is 0.244 e. The van der Waals surface area contributed by atoms with Crippen molar-refractivity contribution in [3.05, 3.63) is 11.6 Å². The Bertz CT molecular complexity index is 365. The van der Waals surface area contributed by atoms with Gasteiger partial charge in [-0.3, -0.25) is 9.59 Å². The number of unbranched alkanes of at least 4 members (excludes halogenated alkanes) is 13. The summed E-state index contributed by atoms with van der Waals surface area (Å²) in [6, 6.07) is 0. The zero-order valence-corrected chi connectivity index (χ0v) is 15.7. The molecule has 0 aromatic carbocycles. The Morgan fingerprint density at radius 1 is 0.667 bits per heavy atom. The molecular formula is C20H38N2O2. The van der Waals surface area contributed by atoms with Crippen LogP contribution in [0.15, 0.2) is 11.6 Å². The lowest BCUT2D eigenvalue weighted by molar-refractivity contribution is -0.116. The molecule has 0 saturated carbocycles. The molecule has 4 N–H and O–H groups in total. The van der Waals surface area contributed by atoms with Crippen LogP contribution in [-0.4, -0.2) is 11.8 Å². The minimum Gasteiger partial charge on any atom is -0.366 e. The van der Waals surface area contributed by atoms with Crippen LogP contribution in [0, 0.1) is 0 Å². The summed E-state index contributed by atoms with van der Waals surface area (Å²) in [4.78, 5) is 21.9. The van der Waals surface area contributed by atoms with Gasteiger partial charge in [0.2, 0.25) is 11.8 Å². The lowest BCUT2D eigenvalue weighted by Gasteiger charge is -2.04. The topological polar surface area (TPSA) is 86.2 Å². The van der Waals surface area contributed by atoms with E-state index in [-0.39, 0.29) is 0 Å². The molecule has 24 heavy (non-hydrogen) atoms. The van der Waals surface area contributed by atoms with Gasteiger partial charge in [0.1, 0.15) is 0 Å². The van der Waals surface area contributed by atoms with E-state index in [9.17, 15) is 9.59 Å². The number of primary amides is 2. The predicted molar refractivity (Wildman–Crippen MR) is 101 cm³/mol. The molecule has 4 nitrogen and oxygen atoms in total. The van der Waals surface area contributed by atoms with Crippen LogP contribution in [0.2, 0.25) is 0 Å². The van der Waals surface area contributed by atoms with Crippen molar-refractivity contribution < 1.29 is 9.59 Å². The van der Waals surface area contributed by atoms with Crippen LogP contribution in [0.5, 0.6) is 0 Å². The Kier molecular flexibility index (Phi) is 15.6. The third-order valence-electron chi connectivity index (χ3n) is 4.43. The Morgan fingerprint density at radius 3 is 1.38 bits per heavy atom. The van der Waals surface area contributed by atoms with Gasteiger partial charge in [0.05, 0.1) is 0 Å². The van der Waals surface area contributed by atoms with Crippen LogP contribution in [0.3, 0.4) is 0 Å². The van der Waals surface area contributed by atoms with Crippen LogP contribution in [0.25, 0.3) is 0 Å². The Morgan fingerprint density at radius 2 is 1.04 bits per heavy atom. The zero-order valence-electron chi connectivity index (χ0n) is 15.7. The minimum atomic E-state index is -0.603. The summed E-state index contributed by atoms with van der Waals surface area (Å²) in [6.07, 6.45) is 19.8. The number of carbonyl (C=O) groups is 2. The van der Waals surface area contributed by atoms with Crippen molar-refractivity contribution in [2.45, 2.75) is 103 Å². The number of hydrogen-bond acceptors (Lipinski definition) is 2. The number of carbonyl (C=O) groups excluding carboxylic acids is 2. The van der Waals surface area contributed by atoms with E-state index < -0.39 is 11.8 Å². The van der Waals surface area contributed by atoms with E-state index in [0.717, 1.165) is 18.9 Å². The molecule has 0 aromatic rings. The van der Waals surface area contributed by atoms with Crippen molar-refractivity contribution in [2.24, 2.45) is 11.5 Å². The van der Waals surface area contributed by atoms with Crippen molar-refractivity contribution in [3.8, 4) is 0 Å². The summed E-state index contributed by atoms with van der Waals surface area (Å²) in [5, 5.41) is 0. The number of rotatable bonds is 17. The van der Waals surface area contributed by atoms with Crippen molar-refractivity contribution in [2.75, 3.05) is 0 Å². The summed E-state index contributed by atoms with van der Waals surface area (Å²) in [5.74, 6) is -1.14. The second kappa shape index (κ2) is 16.5. The fraction of sp³-hybridized carbons (Fsp3) is 0.800. The SMILES string of the molecule is CCCCCCCCCCCCCCCC/C(=C/C(N)=O)C(N)=O. The van der Waals surface area contributed by atoms with Gasteiger partial charge in [-0.05, 0) is 12.8 Å². The maximum absolute atomic E-state index is 11.1. The first kappa shape index (κ1) is 22.7. The normalized spacial score (nSPS) is 11.6. The molecule has 4 heteroatoms. The van der Waals surface area contributed by atoms with Crippen LogP contribution in [0.4, 0.5) is 0 Å². The van der Waals surface area contributed by atoms with Gasteiger partial charge in [-0.1, -0.05) is 90.4 Å². The molecule has 0 atom stereocenters. The highest BCUT2D eigenvalue weighted by Gasteiger charge is 2.06. The number of amides is 2. The molecule has 0 radical (unpaired) electrons. The summed E-state index contributed by atoms with van der Waals surface area (Å²) < 4.78 is 0. The molecule has 0 rings (SSSR count). The number of hydrogen-bond donors (Lipinski definition) is 2. The average molecular weight is 339 g/mol. The lowest BCUT2D eigenvalue weighted by atomic mass is 10.0. The summed E-state index contributed by atoms with van der Waals surface area (Å²) in [7, 11) is 0. The molecule has 0 aliphatic rings. The van der Waals surface area contributed by atoms with Gasteiger partial charge in [-0.25, -0.2) is 0 Å². The van der Waals surface area contributed by atoms with E-state index in [4.69, 9.17) is 11.5 Å². The van der Waals surface area contributed by atoms with Crippen LogP contribution in [-0.2, 0) is 9.59 Å². The molecule has 0 aliphatic carbocycles.